The Morgan fingerprint density at radius 2 is 2.00 bits per heavy atom. The summed E-state index contributed by atoms with van der Waals surface area (Å²) in [4.78, 5) is 24.3. The molecular formula is C14H15BrN4O. The molecule has 1 aromatic carbocycles. The molecule has 0 bridgehead atoms. The molecule has 1 fully saturated rings. The van der Waals surface area contributed by atoms with Crippen LogP contribution in [0, 0.1) is 0 Å². The van der Waals surface area contributed by atoms with E-state index in [-0.39, 0.29) is 5.91 Å². The number of piperazine rings is 1. The number of fused-ring (bicyclic) bond motifs is 1. The Morgan fingerprint density at radius 3 is 2.70 bits per heavy atom. The van der Waals surface area contributed by atoms with Crippen molar-refractivity contribution >= 4 is 38.7 Å². The van der Waals surface area contributed by atoms with Crippen LogP contribution < -0.4 is 4.90 Å². The minimum atomic E-state index is 0.133. The highest BCUT2D eigenvalue weighted by Gasteiger charge is 2.20. The smallest absolute Gasteiger partial charge is 0.225 e. The molecule has 2 aromatic rings. The van der Waals surface area contributed by atoms with Crippen LogP contribution in [0.15, 0.2) is 28.9 Å². The lowest BCUT2D eigenvalue weighted by Crippen LogP contribution is -2.48. The monoisotopic (exact) mass is 334 g/mol. The maximum absolute atomic E-state index is 11.3. The maximum atomic E-state index is 11.3. The molecule has 1 saturated heterocycles. The molecule has 1 amide bonds. The number of benzene rings is 1. The number of carbonyl (C=O) groups excluding carboxylic acids is 1. The second-order valence-corrected chi connectivity index (χ2v) is 5.78. The van der Waals surface area contributed by atoms with Gasteiger partial charge in [-0.2, -0.15) is 0 Å². The normalized spacial score (nSPS) is 15.7. The van der Waals surface area contributed by atoms with E-state index in [1.807, 2.05) is 29.3 Å². The number of hydrogen-bond donors (Lipinski definition) is 0. The zero-order valence-corrected chi connectivity index (χ0v) is 12.8. The van der Waals surface area contributed by atoms with Crippen molar-refractivity contribution in [2.45, 2.75) is 6.92 Å². The lowest BCUT2D eigenvalue weighted by atomic mass is 10.2. The fourth-order valence-electron chi connectivity index (χ4n) is 2.37. The van der Waals surface area contributed by atoms with Crippen LogP contribution in [0.5, 0.6) is 0 Å². The molecule has 0 N–H and O–H groups in total. The zero-order chi connectivity index (χ0) is 14.1. The fraction of sp³-hybridized carbons (Fsp3) is 0.357. The van der Waals surface area contributed by atoms with Crippen molar-refractivity contribution in [1.82, 2.24) is 14.9 Å². The molecular weight excluding hydrogens is 320 g/mol. The van der Waals surface area contributed by atoms with Gasteiger partial charge in [-0.05, 0) is 18.2 Å². The summed E-state index contributed by atoms with van der Waals surface area (Å²) >= 11 is 3.44. The summed E-state index contributed by atoms with van der Waals surface area (Å²) in [5, 5.41) is 1.02. The van der Waals surface area contributed by atoms with Crippen LogP contribution in [0.3, 0.4) is 0 Å². The van der Waals surface area contributed by atoms with Gasteiger partial charge in [-0.25, -0.2) is 9.97 Å². The van der Waals surface area contributed by atoms with Crippen LogP contribution in [0.4, 0.5) is 5.95 Å². The Morgan fingerprint density at radius 1 is 1.25 bits per heavy atom. The van der Waals surface area contributed by atoms with Crippen LogP contribution in [0.25, 0.3) is 10.9 Å². The molecule has 0 aliphatic carbocycles. The summed E-state index contributed by atoms with van der Waals surface area (Å²) in [6.07, 6.45) is 1.85. The Kier molecular flexibility index (Phi) is 3.56. The van der Waals surface area contributed by atoms with E-state index in [2.05, 4.69) is 30.8 Å². The predicted molar refractivity (Wildman–Crippen MR) is 81.7 cm³/mol. The summed E-state index contributed by atoms with van der Waals surface area (Å²) in [7, 11) is 0. The molecule has 0 radical (unpaired) electrons. The second-order valence-electron chi connectivity index (χ2n) is 4.87. The Bertz CT molecular complexity index is 653. The Labute approximate surface area is 125 Å². The lowest BCUT2D eigenvalue weighted by molar-refractivity contribution is -0.129. The largest absolute Gasteiger partial charge is 0.339 e. The lowest BCUT2D eigenvalue weighted by Gasteiger charge is -2.34. The van der Waals surface area contributed by atoms with Gasteiger partial charge in [0.2, 0.25) is 11.9 Å². The molecule has 104 valence electrons. The highest BCUT2D eigenvalue weighted by molar-refractivity contribution is 9.10. The van der Waals surface area contributed by atoms with Crippen LogP contribution >= 0.6 is 15.9 Å². The van der Waals surface area contributed by atoms with E-state index in [1.165, 1.54) is 0 Å². The molecule has 0 spiro atoms. The van der Waals surface area contributed by atoms with Crippen molar-refractivity contribution in [1.29, 1.82) is 0 Å². The van der Waals surface area contributed by atoms with Gasteiger partial charge in [0, 0.05) is 49.2 Å². The highest BCUT2D eigenvalue weighted by atomic mass is 79.9. The topological polar surface area (TPSA) is 49.3 Å². The molecule has 1 aliphatic heterocycles. The van der Waals surface area contributed by atoms with Gasteiger partial charge in [-0.3, -0.25) is 4.79 Å². The molecule has 6 heteroatoms. The van der Waals surface area contributed by atoms with Crippen LogP contribution in [-0.4, -0.2) is 47.0 Å². The van der Waals surface area contributed by atoms with Gasteiger partial charge in [0.05, 0.1) is 5.52 Å². The average molecular weight is 335 g/mol. The van der Waals surface area contributed by atoms with Crippen molar-refractivity contribution in [3.63, 3.8) is 0 Å². The van der Waals surface area contributed by atoms with Gasteiger partial charge in [0.25, 0.3) is 0 Å². The van der Waals surface area contributed by atoms with Gasteiger partial charge in [0.1, 0.15) is 0 Å². The molecule has 0 atom stereocenters. The third-order valence-corrected chi connectivity index (χ3v) is 4.03. The van der Waals surface area contributed by atoms with Crippen molar-refractivity contribution < 1.29 is 4.79 Å². The van der Waals surface area contributed by atoms with E-state index >= 15 is 0 Å². The quantitative estimate of drug-likeness (QED) is 0.801. The number of nitrogens with zero attached hydrogens (tertiary/aromatic N) is 4. The standard InChI is InChI=1S/C14H15BrN4O/c1-10(20)18-4-6-19(7-5-18)14-16-9-11-8-12(15)2-3-13(11)17-14/h2-3,8-9H,4-7H2,1H3. The number of rotatable bonds is 1. The maximum Gasteiger partial charge on any atom is 0.225 e. The van der Waals surface area contributed by atoms with Gasteiger partial charge < -0.3 is 9.80 Å². The fourth-order valence-corrected chi connectivity index (χ4v) is 2.75. The summed E-state index contributed by atoms with van der Waals surface area (Å²) in [6, 6.07) is 5.97. The Hall–Kier alpha value is -1.69. The third-order valence-electron chi connectivity index (χ3n) is 3.54. The first-order valence-electron chi connectivity index (χ1n) is 6.56. The first-order chi connectivity index (χ1) is 9.63. The zero-order valence-electron chi connectivity index (χ0n) is 11.2. The van der Waals surface area contributed by atoms with Crippen LogP contribution in [0.1, 0.15) is 6.92 Å². The Balaban J connectivity index is 1.81. The number of hydrogen-bond acceptors (Lipinski definition) is 4. The van der Waals surface area contributed by atoms with Crippen molar-refractivity contribution in [2.24, 2.45) is 0 Å². The minimum Gasteiger partial charge on any atom is -0.339 e. The van der Waals surface area contributed by atoms with E-state index in [0.29, 0.717) is 0 Å². The second kappa shape index (κ2) is 5.36. The third kappa shape index (κ3) is 2.60. The molecule has 1 aromatic heterocycles. The number of anilines is 1. The first kappa shape index (κ1) is 13.3. The van der Waals surface area contributed by atoms with Gasteiger partial charge in [-0.1, -0.05) is 15.9 Å². The van der Waals surface area contributed by atoms with E-state index in [9.17, 15) is 4.79 Å². The van der Waals surface area contributed by atoms with E-state index in [4.69, 9.17) is 0 Å². The van der Waals surface area contributed by atoms with Crippen LogP contribution in [-0.2, 0) is 4.79 Å². The summed E-state index contributed by atoms with van der Waals surface area (Å²) < 4.78 is 1.02. The molecule has 2 heterocycles. The van der Waals surface area contributed by atoms with Crippen molar-refractivity contribution in [3.8, 4) is 0 Å². The van der Waals surface area contributed by atoms with E-state index < -0.39 is 0 Å². The van der Waals surface area contributed by atoms with E-state index in [0.717, 1.165) is 47.5 Å². The minimum absolute atomic E-state index is 0.133. The molecule has 3 rings (SSSR count). The first-order valence-corrected chi connectivity index (χ1v) is 7.35. The van der Waals surface area contributed by atoms with Gasteiger partial charge in [-0.15, -0.1) is 0 Å². The number of aromatic nitrogens is 2. The highest BCUT2D eigenvalue weighted by Crippen LogP contribution is 2.20. The van der Waals surface area contributed by atoms with E-state index in [1.54, 1.807) is 6.92 Å². The summed E-state index contributed by atoms with van der Waals surface area (Å²) in [6.45, 7) is 4.64. The number of amides is 1. The molecule has 5 nitrogen and oxygen atoms in total. The van der Waals surface area contributed by atoms with Crippen molar-refractivity contribution in [3.05, 3.63) is 28.9 Å². The molecule has 0 saturated carbocycles. The summed E-state index contributed by atoms with van der Waals surface area (Å²) in [5.74, 6) is 0.872. The predicted octanol–water partition coefficient (Wildman–Crippen LogP) is 2.06. The summed E-state index contributed by atoms with van der Waals surface area (Å²) in [5.41, 5.74) is 0.937. The van der Waals surface area contributed by atoms with Gasteiger partial charge in [0.15, 0.2) is 0 Å². The molecule has 20 heavy (non-hydrogen) atoms. The molecule has 1 aliphatic rings. The molecule has 0 unspecified atom stereocenters. The number of halogens is 1. The SMILES string of the molecule is CC(=O)N1CCN(c2ncc3cc(Br)ccc3n2)CC1. The van der Waals surface area contributed by atoms with Crippen molar-refractivity contribution in [2.75, 3.05) is 31.1 Å². The number of carbonyl (C=O) groups is 1. The van der Waals surface area contributed by atoms with Gasteiger partial charge >= 0.3 is 0 Å². The van der Waals surface area contributed by atoms with Crippen LogP contribution in [0.2, 0.25) is 0 Å². The average Bonchev–Trinajstić information content (AvgIpc) is 2.47.